The van der Waals surface area contributed by atoms with E-state index in [1.807, 2.05) is 26.8 Å². The first-order valence-corrected chi connectivity index (χ1v) is 10.6. The Labute approximate surface area is 192 Å². The van der Waals surface area contributed by atoms with Crippen LogP contribution < -0.4 is 5.32 Å². The molecule has 0 fully saturated rings. The minimum Gasteiger partial charge on any atom is -0.481 e. The Morgan fingerprint density at radius 2 is 1.70 bits per heavy atom. The maximum atomic E-state index is 14.4. The van der Waals surface area contributed by atoms with E-state index < -0.39 is 23.7 Å². The van der Waals surface area contributed by atoms with E-state index in [2.05, 4.69) is 10.3 Å². The average Bonchev–Trinajstić information content (AvgIpc) is 3.18. The van der Waals surface area contributed by atoms with E-state index in [4.69, 9.17) is 5.11 Å². The molecule has 172 valence electrons. The highest BCUT2D eigenvalue weighted by Crippen LogP contribution is 2.46. The fourth-order valence-corrected chi connectivity index (χ4v) is 4.22. The van der Waals surface area contributed by atoms with Gasteiger partial charge in [0.2, 0.25) is 5.91 Å². The van der Waals surface area contributed by atoms with Crippen molar-refractivity contribution in [2.45, 2.75) is 40.5 Å². The maximum absolute atomic E-state index is 14.4. The number of aliphatic imine (C=N–C) groups is 1. The molecule has 3 rings (SSSR count). The van der Waals surface area contributed by atoms with Crippen molar-refractivity contribution in [3.05, 3.63) is 70.2 Å². The fourth-order valence-electron chi connectivity index (χ4n) is 4.22. The Morgan fingerprint density at radius 3 is 2.21 bits per heavy atom. The summed E-state index contributed by atoms with van der Waals surface area (Å²) < 4.78 is 28.2. The lowest BCUT2D eigenvalue weighted by atomic mass is 9.91. The van der Waals surface area contributed by atoms with Crippen LogP contribution in [0.2, 0.25) is 0 Å². The minimum absolute atomic E-state index is 0.133. The van der Waals surface area contributed by atoms with E-state index in [1.165, 1.54) is 7.05 Å². The number of amides is 1. The van der Waals surface area contributed by atoms with Gasteiger partial charge in [0.1, 0.15) is 5.70 Å². The van der Waals surface area contributed by atoms with E-state index in [1.54, 1.807) is 37.3 Å². The van der Waals surface area contributed by atoms with E-state index in [-0.39, 0.29) is 12.8 Å². The maximum Gasteiger partial charge on any atom is 0.853 e. The second-order valence-corrected chi connectivity index (χ2v) is 8.49. The summed E-state index contributed by atoms with van der Waals surface area (Å²) in [7, 11) is -1.15. The third-order valence-electron chi connectivity index (χ3n) is 5.97. The molecule has 0 unspecified atom stereocenters. The van der Waals surface area contributed by atoms with Gasteiger partial charge >= 0.3 is 13.4 Å². The zero-order valence-electron chi connectivity index (χ0n) is 19.4. The zero-order valence-corrected chi connectivity index (χ0v) is 19.4. The highest BCUT2D eigenvalue weighted by atomic mass is 19.2. The quantitative estimate of drug-likeness (QED) is 0.557. The SMILES string of the molecule is CC1=CC(C)=N/C1=C(\C1=C(C)C=C(C)[N@@+]1(C)B(F)F)c1ccc(NC(=O)CCC(=O)O)cc1. The molecule has 2 heterocycles. The predicted molar refractivity (Wildman–Crippen MR) is 126 cm³/mol. The number of hydrogen-bond acceptors (Lipinski definition) is 3. The largest absolute Gasteiger partial charge is 0.853 e. The summed E-state index contributed by atoms with van der Waals surface area (Å²) in [5.41, 5.74) is 5.92. The van der Waals surface area contributed by atoms with E-state index in [0.29, 0.717) is 33.9 Å². The van der Waals surface area contributed by atoms with Crippen LogP contribution in [0.15, 0.2) is 69.6 Å². The molecule has 0 aliphatic carbocycles. The number of likely N-dealkylation sites (N-methyl/N-ethyl adjacent to an activating group) is 1. The first-order valence-electron chi connectivity index (χ1n) is 10.6. The van der Waals surface area contributed by atoms with Crippen LogP contribution in [-0.4, -0.2) is 41.5 Å². The summed E-state index contributed by atoms with van der Waals surface area (Å²) in [6.07, 6.45) is 3.31. The van der Waals surface area contributed by atoms with Gasteiger partial charge in [-0.3, -0.25) is 19.0 Å². The number of carboxylic acids is 1. The molecule has 33 heavy (non-hydrogen) atoms. The molecule has 0 aromatic heterocycles. The normalized spacial score (nSPS) is 21.5. The molecular weight excluding hydrogens is 427 g/mol. The van der Waals surface area contributed by atoms with Crippen LogP contribution in [-0.2, 0) is 9.59 Å². The van der Waals surface area contributed by atoms with Crippen molar-refractivity contribution < 1.29 is 27.7 Å². The fraction of sp³-hybridized carbons (Fsp3) is 0.292. The first kappa shape index (κ1) is 24.3. The number of carbonyl (C=O) groups is 2. The molecule has 2 aliphatic heterocycles. The third-order valence-corrected chi connectivity index (χ3v) is 5.97. The Bertz CT molecular complexity index is 1160. The first-order chi connectivity index (χ1) is 15.4. The van der Waals surface area contributed by atoms with Crippen LogP contribution in [0.4, 0.5) is 14.3 Å². The molecule has 1 atom stereocenters. The molecule has 0 saturated heterocycles. The van der Waals surface area contributed by atoms with Crippen LogP contribution in [0.25, 0.3) is 5.57 Å². The van der Waals surface area contributed by atoms with Crippen molar-refractivity contribution in [2.24, 2.45) is 4.99 Å². The van der Waals surface area contributed by atoms with Crippen LogP contribution in [0, 0.1) is 0 Å². The van der Waals surface area contributed by atoms with Crippen molar-refractivity contribution in [1.82, 2.24) is 0 Å². The molecule has 1 aromatic rings. The number of allylic oxidation sites excluding steroid dienone is 6. The Hall–Kier alpha value is -3.33. The number of nitrogens with one attached hydrogen (secondary N) is 1. The Morgan fingerprint density at radius 1 is 1.06 bits per heavy atom. The van der Waals surface area contributed by atoms with Gasteiger partial charge in [-0.2, -0.15) is 0 Å². The summed E-state index contributed by atoms with van der Waals surface area (Å²) in [5, 5.41) is 11.4. The summed E-state index contributed by atoms with van der Waals surface area (Å²) in [6, 6.07) is 6.87. The lowest BCUT2D eigenvalue weighted by Crippen LogP contribution is -2.47. The Kier molecular flexibility index (Phi) is 6.83. The van der Waals surface area contributed by atoms with Gasteiger partial charge in [0.05, 0.1) is 30.4 Å². The van der Waals surface area contributed by atoms with Gasteiger partial charge in [0.25, 0.3) is 0 Å². The van der Waals surface area contributed by atoms with E-state index in [9.17, 15) is 18.2 Å². The molecule has 2 aliphatic rings. The number of aliphatic carboxylic acids is 1. The van der Waals surface area contributed by atoms with Crippen LogP contribution >= 0.6 is 0 Å². The number of anilines is 1. The summed E-state index contributed by atoms with van der Waals surface area (Å²) in [6.45, 7) is 7.30. The number of benzene rings is 1. The molecule has 0 spiro atoms. The molecule has 0 saturated carbocycles. The number of carbonyl (C=O) groups excluding carboxylic acids is 1. The van der Waals surface area contributed by atoms with Crippen LogP contribution in [0.1, 0.15) is 46.1 Å². The monoisotopic (exact) mass is 454 g/mol. The van der Waals surface area contributed by atoms with Crippen LogP contribution in [0.5, 0.6) is 0 Å². The van der Waals surface area contributed by atoms with Crippen molar-refractivity contribution in [2.75, 3.05) is 12.4 Å². The standard InChI is InChI=1S/C24H26BF2N3O3/c1-14-12-16(3)28-23(14)22(24-15(2)13-17(4)30(24,5)25(26)27)18-6-8-19(9-7-18)29-20(31)10-11-21(32)33/h6-9,12-13H,10-11H2,1-5H3,(H-,28,29,31,32,33)/p+1/t30-/m1/s1. The van der Waals surface area contributed by atoms with Crippen molar-refractivity contribution in [3.8, 4) is 0 Å². The molecule has 0 radical (unpaired) electrons. The molecule has 0 bridgehead atoms. The summed E-state index contributed by atoms with van der Waals surface area (Å²) in [5.74, 6) is -1.45. The number of carboxylic acid groups (broad SMARTS) is 1. The molecule has 9 heteroatoms. The molecule has 1 aromatic carbocycles. The van der Waals surface area contributed by atoms with Crippen LogP contribution in [0.3, 0.4) is 0 Å². The minimum atomic E-state index is -2.66. The Balaban J connectivity index is 2.07. The number of quaternary nitrogens is 1. The van der Waals surface area contributed by atoms with Crippen molar-refractivity contribution >= 4 is 36.3 Å². The number of rotatable bonds is 7. The second kappa shape index (κ2) is 9.27. The number of halogens is 2. The van der Waals surface area contributed by atoms with Gasteiger partial charge in [-0.05, 0) is 50.1 Å². The van der Waals surface area contributed by atoms with Gasteiger partial charge in [-0.25, -0.2) is 8.63 Å². The van der Waals surface area contributed by atoms with Crippen molar-refractivity contribution in [1.29, 1.82) is 0 Å². The molecule has 6 nitrogen and oxygen atoms in total. The molecular formula is C24H27BF2N3O3+. The van der Waals surface area contributed by atoms with Gasteiger partial charge < -0.3 is 10.4 Å². The topological polar surface area (TPSA) is 78.8 Å². The van der Waals surface area contributed by atoms with E-state index >= 15 is 0 Å². The summed E-state index contributed by atoms with van der Waals surface area (Å²) in [4.78, 5) is 27.3. The van der Waals surface area contributed by atoms with Crippen molar-refractivity contribution in [3.63, 3.8) is 0 Å². The zero-order chi connectivity index (χ0) is 24.5. The van der Waals surface area contributed by atoms with Gasteiger partial charge in [-0.1, -0.05) is 12.1 Å². The molecule has 1 amide bonds. The smallest absolute Gasteiger partial charge is 0.481 e. The second-order valence-electron chi connectivity index (χ2n) is 8.49. The highest BCUT2D eigenvalue weighted by Gasteiger charge is 2.54. The highest BCUT2D eigenvalue weighted by molar-refractivity contribution is 6.35. The number of hydrogen-bond donors (Lipinski definition) is 2. The lowest BCUT2D eigenvalue weighted by molar-refractivity contribution is -0.727. The average molecular weight is 454 g/mol. The van der Waals surface area contributed by atoms with E-state index in [0.717, 1.165) is 16.9 Å². The lowest BCUT2D eigenvalue weighted by Gasteiger charge is -2.32. The molecule has 2 N–H and O–H groups in total. The predicted octanol–water partition coefficient (Wildman–Crippen LogP) is 5.18. The van der Waals surface area contributed by atoms with Gasteiger partial charge in [0, 0.05) is 36.4 Å². The summed E-state index contributed by atoms with van der Waals surface area (Å²) >= 11 is 0. The van der Waals surface area contributed by atoms with Gasteiger partial charge in [0.15, 0.2) is 0 Å². The third kappa shape index (κ3) is 4.73. The number of nitrogens with zero attached hydrogens (tertiary/aromatic N) is 2. The van der Waals surface area contributed by atoms with Gasteiger partial charge in [-0.15, -0.1) is 0 Å².